The van der Waals surface area contributed by atoms with Crippen LogP contribution in [0, 0.1) is 11.8 Å². The lowest BCUT2D eigenvalue weighted by Crippen LogP contribution is -2.47. The Balaban J connectivity index is 2.34. The number of nitrogens with zero attached hydrogens (tertiary/aromatic N) is 2. The SMILES string of the molecule is CN=C(NCCCC(C)C)NCC1CCN(S(=O)(=O)C(F)(F)F)CC1. The molecule has 0 unspecified atom stereocenters. The Kier molecular flexibility index (Phi) is 8.46. The fourth-order valence-electron chi connectivity index (χ4n) is 2.68. The smallest absolute Gasteiger partial charge is 0.356 e. The van der Waals surface area contributed by atoms with Gasteiger partial charge in [-0.05, 0) is 37.5 Å². The van der Waals surface area contributed by atoms with Crippen LogP contribution in [0.4, 0.5) is 13.2 Å². The maximum absolute atomic E-state index is 12.5. The first-order valence-electron chi connectivity index (χ1n) is 8.59. The van der Waals surface area contributed by atoms with Crippen LogP contribution in [-0.2, 0) is 10.0 Å². The molecule has 1 saturated heterocycles. The van der Waals surface area contributed by atoms with E-state index in [2.05, 4.69) is 29.5 Å². The molecule has 1 fully saturated rings. The maximum Gasteiger partial charge on any atom is 0.511 e. The van der Waals surface area contributed by atoms with Crippen LogP contribution in [0.25, 0.3) is 0 Å². The van der Waals surface area contributed by atoms with Gasteiger partial charge >= 0.3 is 15.5 Å². The summed E-state index contributed by atoms with van der Waals surface area (Å²) in [5.74, 6) is 1.43. The first kappa shape index (κ1) is 22.0. The summed E-state index contributed by atoms with van der Waals surface area (Å²) >= 11 is 0. The van der Waals surface area contributed by atoms with Gasteiger partial charge in [-0.15, -0.1) is 0 Å². The van der Waals surface area contributed by atoms with Crippen molar-refractivity contribution in [3.8, 4) is 0 Å². The molecule has 1 rings (SSSR count). The Morgan fingerprint density at radius 1 is 1.24 bits per heavy atom. The van der Waals surface area contributed by atoms with E-state index in [9.17, 15) is 21.6 Å². The molecule has 6 nitrogen and oxygen atoms in total. The van der Waals surface area contributed by atoms with Crippen LogP contribution in [0.2, 0.25) is 0 Å². The van der Waals surface area contributed by atoms with Crippen molar-refractivity contribution < 1.29 is 21.6 Å². The predicted molar refractivity (Wildman–Crippen MR) is 92.7 cm³/mol. The van der Waals surface area contributed by atoms with E-state index in [1.54, 1.807) is 7.05 Å². The lowest BCUT2D eigenvalue weighted by Gasteiger charge is -2.31. The van der Waals surface area contributed by atoms with Gasteiger partial charge in [-0.1, -0.05) is 13.8 Å². The third-order valence-corrected chi connectivity index (χ3v) is 5.87. The molecule has 25 heavy (non-hydrogen) atoms. The Labute approximate surface area is 148 Å². The maximum atomic E-state index is 12.5. The van der Waals surface area contributed by atoms with Gasteiger partial charge in [0.15, 0.2) is 5.96 Å². The highest BCUT2D eigenvalue weighted by molar-refractivity contribution is 7.90. The van der Waals surface area contributed by atoms with Gasteiger partial charge in [-0.2, -0.15) is 17.5 Å². The summed E-state index contributed by atoms with van der Waals surface area (Å²) in [6.45, 7) is 5.49. The van der Waals surface area contributed by atoms with E-state index in [0.717, 1.165) is 19.4 Å². The van der Waals surface area contributed by atoms with Crippen LogP contribution in [0.3, 0.4) is 0 Å². The molecule has 0 saturated carbocycles. The van der Waals surface area contributed by atoms with Crippen molar-refractivity contribution in [1.82, 2.24) is 14.9 Å². The van der Waals surface area contributed by atoms with Crippen molar-refractivity contribution in [3.63, 3.8) is 0 Å². The molecule has 0 aromatic rings. The normalized spacial score (nSPS) is 18.6. The summed E-state index contributed by atoms with van der Waals surface area (Å²) in [6.07, 6.45) is 2.95. The number of aliphatic imine (C=N–C) groups is 1. The minimum atomic E-state index is -5.22. The Bertz CT molecular complexity index is 527. The summed E-state index contributed by atoms with van der Waals surface area (Å²) in [5, 5.41) is 6.36. The number of rotatable bonds is 7. The first-order chi connectivity index (χ1) is 11.6. The summed E-state index contributed by atoms with van der Waals surface area (Å²) in [4.78, 5) is 4.11. The number of nitrogens with one attached hydrogen (secondary N) is 2. The topological polar surface area (TPSA) is 73.8 Å². The highest BCUT2D eigenvalue weighted by Crippen LogP contribution is 2.30. The molecule has 0 atom stereocenters. The van der Waals surface area contributed by atoms with Gasteiger partial charge in [-0.25, -0.2) is 8.42 Å². The highest BCUT2D eigenvalue weighted by atomic mass is 32.2. The van der Waals surface area contributed by atoms with Crippen LogP contribution in [0.15, 0.2) is 4.99 Å². The summed E-state index contributed by atoms with van der Waals surface area (Å²) in [5.41, 5.74) is -5.22. The van der Waals surface area contributed by atoms with Gasteiger partial charge in [0, 0.05) is 33.2 Å². The van der Waals surface area contributed by atoms with Gasteiger partial charge in [0.25, 0.3) is 0 Å². The number of hydrogen-bond donors (Lipinski definition) is 2. The summed E-state index contributed by atoms with van der Waals surface area (Å²) in [7, 11) is -3.54. The van der Waals surface area contributed by atoms with Gasteiger partial charge in [0.05, 0.1) is 0 Å². The molecule has 0 amide bonds. The third-order valence-electron chi connectivity index (χ3n) is 4.24. The number of guanidine groups is 1. The third kappa shape index (κ3) is 7.01. The molecule has 0 spiro atoms. The minimum Gasteiger partial charge on any atom is -0.356 e. The van der Waals surface area contributed by atoms with Gasteiger partial charge in [0.1, 0.15) is 0 Å². The van der Waals surface area contributed by atoms with Crippen LogP contribution in [-0.4, -0.2) is 57.4 Å². The molecule has 1 heterocycles. The van der Waals surface area contributed by atoms with Crippen LogP contribution >= 0.6 is 0 Å². The van der Waals surface area contributed by atoms with Crippen molar-refractivity contribution in [2.75, 3.05) is 33.2 Å². The first-order valence-corrected chi connectivity index (χ1v) is 10.0. The standard InChI is InChI=1S/C15H29F3N4O2S/c1-12(2)5-4-8-20-14(19-3)21-11-13-6-9-22(10-7-13)25(23,24)15(16,17)18/h12-13H,4-11H2,1-3H3,(H2,19,20,21). The van der Waals surface area contributed by atoms with E-state index in [-0.39, 0.29) is 19.0 Å². The molecule has 1 aliphatic rings. The van der Waals surface area contributed by atoms with Crippen LogP contribution in [0.5, 0.6) is 0 Å². The molecule has 0 aliphatic carbocycles. The number of hydrogen-bond acceptors (Lipinski definition) is 3. The van der Waals surface area contributed by atoms with E-state index in [4.69, 9.17) is 0 Å². The van der Waals surface area contributed by atoms with E-state index < -0.39 is 15.5 Å². The molecule has 1 aliphatic heterocycles. The van der Waals surface area contributed by atoms with Gasteiger partial charge in [-0.3, -0.25) is 4.99 Å². The molecule has 148 valence electrons. The molecule has 0 aromatic carbocycles. The average molecular weight is 386 g/mol. The Morgan fingerprint density at radius 3 is 2.32 bits per heavy atom. The molecule has 0 radical (unpaired) electrons. The van der Waals surface area contributed by atoms with Gasteiger partial charge < -0.3 is 10.6 Å². The zero-order valence-corrected chi connectivity index (χ0v) is 15.9. The fraction of sp³-hybridized carbons (Fsp3) is 0.933. The predicted octanol–water partition coefficient (Wildman–Crippen LogP) is 2.15. The monoisotopic (exact) mass is 386 g/mol. The van der Waals surface area contributed by atoms with Crippen molar-refractivity contribution in [3.05, 3.63) is 0 Å². The zero-order valence-electron chi connectivity index (χ0n) is 15.1. The second kappa shape index (κ2) is 9.61. The number of sulfonamides is 1. The molecule has 10 heteroatoms. The molecule has 2 N–H and O–H groups in total. The van der Waals surface area contributed by atoms with E-state index >= 15 is 0 Å². The Morgan fingerprint density at radius 2 is 1.84 bits per heavy atom. The second-order valence-corrected chi connectivity index (χ2v) is 8.64. The van der Waals surface area contributed by atoms with Crippen LogP contribution in [0.1, 0.15) is 39.5 Å². The van der Waals surface area contributed by atoms with Crippen molar-refractivity contribution in [2.24, 2.45) is 16.8 Å². The van der Waals surface area contributed by atoms with Crippen LogP contribution < -0.4 is 10.6 Å². The lowest BCUT2D eigenvalue weighted by molar-refractivity contribution is -0.0496. The van der Waals surface area contributed by atoms with Crippen molar-refractivity contribution >= 4 is 16.0 Å². The second-order valence-electron chi connectivity index (χ2n) is 6.71. The molecular formula is C15H29F3N4O2S. The average Bonchev–Trinajstić information content (AvgIpc) is 2.53. The van der Waals surface area contributed by atoms with Crippen molar-refractivity contribution in [2.45, 2.75) is 45.0 Å². The minimum absolute atomic E-state index is 0.103. The number of piperidine rings is 1. The van der Waals surface area contributed by atoms with E-state index in [1.165, 1.54) is 0 Å². The largest absolute Gasteiger partial charge is 0.511 e. The summed E-state index contributed by atoms with van der Waals surface area (Å²) < 4.78 is 60.9. The Hall–Kier alpha value is -1.03. The van der Waals surface area contributed by atoms with Gasteiger partial charge in [0.2, 0.25) is 0 Å². The van der Waals surface area contributed by atoms with E-state index in [1.807, 2.05) is 0 Å². The molecule has 0 aromatic heterocycles. The summed E-state index contributed by atoms with van der Waals surface area (Å²) in [6, 6.07) is 0. The number of halogens is 3. The quantitative estimate of drug-likeness (QED) is 0.399. The highest BCUT2D eigenvalue weighted by Gasteiger charge is 2.50. The fourth-order valence-corrected chi connectivity index (χ4v) is 3.66. The van der Waals surface area contributed by atoms with Crippen molar-refractivity contribution in [1.29, 1.82) is 0 Å². The van der Waals surface area contributed by atoms with E-state index in [0.29, 0.717) is 35.6 Å². The lowest BCUT2D eigenvalue weighted by atomic mass is 9.98. The molecular weight excluding hydrogens is 357 g/mol. The zero-order chi connectivity index (χ0) is 19.1. The number of alkyl halides is 3. The molecule has 0 bridgehead atoms.